The van der Waals surface area contributed by atoms with Crippen molar-refractivity contribution in [2.24, 2.45) is 11.3 Å². The molecule has 2 fully saturated rings. The van der Waals surface area contributed by atoms with Gasteiger partial charge in [0, 0.05) is 39.3 Å². The number of rotatable bonds is 2. The molecule has 1 N–H and O–H groups in total. The summed E-state index contributed by atoms with van der Waals surface area (Å²) in [6, 6.07) is 0. The molecule has 0 aromatic rings. The highest BCUT2D eigenvalue weighted by Crippen LogP contribution is 2.21. The maximum absolute atomic E-state index is 3.55. The predicted molar refractivity (Wildman–Crippen MR) is 68.7 cm³/mol. The van der Waals surface area contributed by atoms with Gasteiger partial charge in [0.1, 0.15) is 0 Å². The van der Waals surface area contributed by atoms with Crippen molar-refractivity contribution in [2.45, 2.75) is 20.3 Å². The molecule has 1 unspecified atom stereocenters. The Bertz CT molecular complexity index is 227. The molecule has 0 spiro atoms. The third-order valence-corrected chi connectivity index (χ3v) is 3.87. The van der Waals surface area contributed by atoms with Crippen molar-refractivity contribution >= 4 is 0 Å². The van der Waals surface area contributed by atoms with E-state index in [9.17, 15) is 0 Å². The Labute approximate surface area is 100 Å². The van der Waals surface area contributed by atoms with Crippen molar-refractivity contribution in [3.63, 3.8) is 0 Å². The van der Waals surface area contributed by atoms with Crippen LogP contribution < -0.4 is 5.32 Å². The number of nitrogens with zero attached hydrogens (tertiary/aromatic N) is 2. The van der Waals surface area contributed by atoms with E-state index in [1.807, 2.05) is 0 Å². The zero-order chi connectivity index (χ0) is 11.6. The normalized spacial score (nSPS) is 32.8. The average Bonchev–Trinajstić information content (AvgIpc) is 2.49. The first-order chi connectivity index (χ1) is 7.55. The van der Waals surface area contributed by atoms with Crippen LogP contribution in [0.3, 0.4) is 0 Å². The molecule has 0 radical (unpaired) electrons. The SMILES string of the molecule is CN1CCC(CN2CCNCC(C)(C)C2)C1. The quantitative estimate of drug-likeness (QED) is 0.752. The molecule has 0 bridgehead atoms. The second-order valence-electron chi connectivity index (χ2n) is 6.49. The Hall–Kier alpha value is -0.120. The topological polar surface area (TPSA) is 18.5 Å². The van der Waals surface area contributed by atoms with Crippen LogP contribution in [0.15, 0.2) is 0 Å². The summed E-state index contributed by atoms with van der Waals surface area (Å²) in [6.45, 7) is 13.4. The van der Waals surface area contributed by atoms with E-state index in [2.05, 4.69) is 36.0 Å². The Kier molecular flexibility index (Phi) is 3.88. The number of hydrogen-bond donors (Lipinski definition) is 1. The Morgan fingerprint density at radius 1 is 1.31 bits per heavy atom. The Morgan fingerprint density at radius 3 is 2.81 bits per heavy atom. The van der Waals surface area contributed by atoms with Crippen molar-refractivity contribution in [1.29, 1.82) is 0 Å². The van der Waals surface area contributed by atoms with Crippen LogP contribution in [0.4, 0.5) is 0 Å². The zero-order valence-electron chi connectivity index (χ0n) is 11.1. The highest BCUT2D eigenvalue weighted by Gasteiger charge is 2.27. The van der Waals surface area contributed by atoms with Crippen LogP contribution in [0.1, 0.15) is 20.3 Å². The molecular weight excluding hydrogens is 198 g/mol. The first kappa shape index (κ1) is 12.3. The average molecular weight is 225 g/mol. The van der Waals surface area contributed by atoms with E-state index < -0.39 is 0 Å². The molecule has 94 valence electrons. The summed E-state index contributed by atoms with van der Waals surface area (Å²) in [5.41, 5.74) is 0.432. The molecule has 0 aromatic heterocycles. The zero-order valence-corrected chi connectivity index (χ0v) is 11.1. The monoisotopic (exact) mass is 225 g/mol. The minimum atomic E-state index is 0.432. The highest BCUT2D eigenvalue weighted by molar-refractivity contribution is 4.83. The van der Waals surface area contributed by atoms with Crippen LogP contribution in [0.25, 0.3) is 0 Å². The lowest BCUT2D eigenvalue weighted by atomic mass is 9.93. The molecule has 3 nitrogen and oxygen atoms in total. The minimum Gasteiger partial charge on any atom is -0.315 e. The molecule has 2 heterocycles. The third kappa shape index (κ3) is 3.44. The number of likely N-dealkylation sites (tertiary alicyclic amines) is 1. The van der Waals surface area contributed by atoms with E-state index in [4.69, 9.17) is 0 Å². The van der Waals surface area contributed by atoms with E-state index >= 15 is 0 Å². The van der Waals surface area contributed by atoms with Gasteiger partial charge in [0.05, 0.1) is 0 Å². The van der Waals surface area contributed by atoms with Crippen LogP contribution in [0.5, 0.6) is 0 Å². The fourth-order valence-corrected chi connectivity index (χ4v) is 3.10. The second-order valence-corrected chi connectivity index (χ2v) is 6.49. The predicted octanol–water partition coefficient (Wildman–Crippen LogP) is 0.869. The summed E-state index contributed by atoms with van der Waals surface area (Å²) in [7, 11) is 2.24. The van der Waals surface area contributed by atoms with Crippen LogP contribution in [-0.4, -0.2) is 62.7 Å². The molecule has 0 aromatic carbocycles. The molecule has 1 atom stereocenters. The standard InChI is InChI=1S/C13H27N3/c1-13(2)10-14-5-7-16(11-13)9-12-4-6-15(3)8-12/h12,14H,4-11H2,1-3H3. The van der Waals surface area contributed by atoms with Crippen molar-refractivity contribution in [3.8, 4) is 0 Å². The van der Waals surface area contributed by atoms with Gasteiger partial charge in [-0.15, -0.1) is 0 Å². The molecule has 2 rings (SSSR count). The maximum Gasteiger partial charge on any atom is 0.0107 e. The summed E-state index contributed by atoms with van der Waals surface area (Å²) in [5.74, 6) is 0.902. The molecule has 0 aliphatic carbocycles. The van der Waals surface area contributed by atoms with Gasteiger partial charge in [0.25, 0.3) is 0 Å². The molecule has 0 amide bonds. The van der Waals surface area contributed by atoms with E-state index in [1.54, 1.807) is 0 Å². The van der Waals surface area contributed by atoms with Gasteiger partial charge in [-0.05, 0) is 31.3 Å². The highest BCUT2D eigenvalue weighted by atomic mass is 15.2. The minimum absolute atomic E-state index is 0.432. The van der Waals surface area contributed by atoms with Gasteiger partial charge in [0.2, 0.25) is 0 Å². The van der Waals surface area contributed by atoms with Gasteiger partial charge in [0.15, 0.2) is 0 Å². The summed E-state index contributed by atoms with van der Waals surface area (Å²) in [5, 5.41) is 3.55. The van der Waals surface area contributed by atoms with E-state index in [1.165, 1.54) is 39.1 Å². The maximum atomic E-state index is 3.55. The smallest absolute Gasteiger partial charge is 0.0107 e. The lowest BCUT2D eigenvalue weighted by Gasteiger charge is -2.30. The van der Waals surface area contributed by atoms with Gasteiger partial charge in [-0.1, -0.05) is 13.8 Å². The molecule has 3 heteroatoms. The van der Waals surface area contributed by atoms with Gasteiger partial charge < -0.3 is 15.1 Å². The fourth-order valence-electron chi connectivity index (χ4n) is 3.10. The summed E-state index contributed by atoms with van der Waals surface area (Å²) >= 11 is 0. The van der Waals surface area contributed by atoms with Crippen molar-refractivity contribution in [2.75, 3.05) is 52.9 Å². The molecule has 2 aliphatic heterocycles. The van der Waals surface area contributed by atoms with E-state index in [-0.39, 0.29) is 0 Å². The number of hydrogen-bond acceptors (Lipinski definition) is 3. The van der Waals surface area contributed by atoms with Gasteiger partial charge >= 0.3 is 0 Å². The van der Waals surface area contributed by atoms with E-state index in [0.717, 1.165) is 19.0 Å². The summed E-state index contributed by atoms with van der Waals surface area (Å²) in [6.07, 6.45) is 1.39. The summed E-state index contributed by atoms with van der Waals surface area (Å²) in [4.78, 5) is 5.13. The lowest BCUT2D eigenvalue weighted by Crippen LogP contribution is -2.38. The molecular formula is C13H27N3. The summed E-state index contributed by atoms with van der Waals surface area (Å²) < 4.78 is 0. The van der Waals surface area contributed by atoms with Crippen LogP contribution in [0.2, 0.25) is 0 Å². The third-order valence-electron chi connectivity index (χ3n) is 3.87. The molecule has 16 heavy (non-hydrogen) atoms. The van der Waals surface area contributed by atoms with Crippen molar-refractivity contribution < 1.29 is 0 Å². The van der Waals surface area contributed by atoms with Crippen molar-refractivity contribution in [3.05, 3.63) is 0 Å². The van der Waals surface area contributed by atoms with Crippen molar-refractivity contribution in [1.82, 2.24) is 15.1 Å². The van der Waals surface area contributed by atoms with Gasteiger partial charge in [-0.3, -0.25) is 0 Å². The largest absolute Gasteiger partial charge is 0.315 e. The first-order valence-corrected chi connectivity index (χ1v) is 6.67. The molecule has 2 aliphatic rings. The molecule has 2 saturated heterocycles. The lowest BCUT2D eigenvalue weighted by molar-refractivity contribution is 0.181. The van der Waals surface area contributed by atoms with Crippen LogP contribution in [0, 0.1) is 11.3 Å². The first-order valence-electron chi connectivity index (χ1n) is 6.67. The number of nitrogens with one attached hydrogen (secondary N) is 1. The van der Waals surface area contributed by atoms with Gasteiger partial charge in [-0.2, -0.15) is 0 Å². The Morgan fingerprint density at radius 2 is 2.12 bits per heavy atom. The van der Waals surface area contributed by atoms with Gasteiger partial charge in [-0.25, -0.2) is 0 Å². The molecule has 0 saturated carbocycles. The second kappa shape index (κ2) is 5.03. The van der Waals surface area contributed by atoms with Crippen LogP contribution in [-0.2, 0) is 0 Å². The van der Waals surface area contributed by atoms with Crippen LogP contribution >= 0.6 is 0 Å². The fraction of sp³-hybridized carbons (Fsp3) is 1.00. The Balaban J connectivity index is 1.83. The van der Waals surface area contributed by atoms with E-state index in [0.29, 0.717) is 5.41 Å².